The van der Waals surface area contributed by atoms with Crippen molar-refractivity contribution in [3.05, 3.63) is 0 Å². The largest absolute Gasteiger partial charge is 0.444 e. The molecule has 28 heavy (non-hydrogen) atoms. The molecule has 162 valence electrons. The molecule has 0 unspecified atom stereocenters. The molecule has 0 bridgehead atoms. The lowest BCUT2D eigenvalue weighted by Gasteiger charge is -2.36. The first kappa shape index (κ1) is 24.0. The van der Waals surface area contributed by atoms with Crippen LogP contribution in [-0.2, 0) is 9.53 Å². The van der Waals surface area contributed by atoms with Crippen LogP contribution in [0, 0.1) is 5.92 Å². The van der Waals surface area contributed by atoms with Crippen molar-refractivity contribution < 1.29 is 14.3 Å². The molecule has 8 heteroatoms. The van der Waals surface area contributed by atoms with E-state index < -0.39 is 5.60 Å². The van der Waals surface area contributed by atoms with E-state index in [1.807, 2.05) is 41.5 Å². The van der Waals surface area contributed by atoms with Gasteiger partial charge in [0.25, 0.3) is 0 Å². The monoisotopic (exact) mass is 397 g/mol. The van der Waals surface area contributed by atoms with Crippen molar-refractivity contribution in [3.63, 3.8) is 0 Å². The van der Waals surface area contributed by atoms with E-state index in [1.54, 1.807) is 4.90 Å². The molecule has 0 saturated carbocycles. The number of rotatable bonds is 7. The summed E-state index contributed by atoms with van der Waals surface area (Å²) in [6.07, 6.45) is 1.71. The van der Waals surface area contributed by atoms with Gasteiger partial charge < -0.3 is 25.2 Å². The molecular formula is C20H39N5O3. The number of hydrogen-bond acceptors (Lipinski definition) is 4. The molecule has 1 aliphatic rings. The second kappa shape index (κ2) is 11.8. The second-order valence-electron chi connectivity index (χ2n) is 8.07. The van der Waals surface area contributed by atoms with Crippen LogP contribution >= 0.6 is 0 Å². The standard InChI is InChI=1S/C20H39N5O3/c1-7-21-17(26)14-23-18(22-8-2)25-12-10-16(11-13-25)15-24(9-3)19(27)28-20(4,5)6/h16H,7-15H2,1-6H3,(H,21,26)(H,22,23). The molecule has 8 nitrogen and oxygen atoms in total. The van der Waals surface area contributed by atoms with E-state index in [4.69, 9.17) is 4.74 Å². The van der Waals surface area contributed by atoms with Gasteiger partial charge in [-0.25, -0.2) is 9.79 Å². The van der Waals surface area contributed by atoms with Crippen LogP contribution in [0.1, 0.15) is 54.4 Å². The summed E-state index contributed by atoms with van der Waals surface area (Å²) in [5, 5.41) is 6.04. The topological polar surface area (TPSA) is 86.3 Å². The Morgan fingerprint density at radius 2 is 1.71 bits per heavy atom. The van der Waals surface area contributed by atoms with Gasteiger partial charge >= 0.3 is 6.09 Å². The molecule has 0 aromatic rings. The third-order valence-corrected chi connectivity index (χ3v) is 4.51. The van der Waals surface area contributed by atoms with E-state index in [-0.39, 0.29) is 18.5 Å². The number of piperidine rings is 1. The maximum absolute atomic E-state index is 12.3. The summed E-state index contributed by atoms with van der Waals surface area (Å²) in [4.78, 5) is 32.5. The molecule has 0 radical (unpaired) electrons. The number of nitrogens with zero attached hydrogens (tertiary/aromatic N) is 3. The van der Waals surface area contributed by atoms with Crippen molar-refractivity contribution in [1.29, 1.82) is 0 Å². The highest BCUT2D eigenvalue weighted by atomic mass is 16.6. The van der Waals surface area contributed by atoms with Gasteiger partial charge in [0.15, 0.2) is 5.96 Å². The van der Waals surface area contributed by atoms with Gasteiger partial charge in [0.1, 0.15) is 12.1 Å². The fourth-order valence-corrected chi connectivity index (χ4v) is 3.12. The van der Waals surface area contributed by atoms with Crippen molar-refractivity contribution in [2.45, 2.75) is 60.0 Å². The zero-order valence-corrected chi connectivity index (χ0v) is 18.5. The third kappa shape index (κ3) is 8.80. The molecule has 0 aliphatic carbocycles. The fraction of sp³-hybridized carbons (Fsp3) is 0.850. The Kier molecular flexibility index (Phi) is 10.1. The van der Waals surface area contributed by atoms with Crippen LogP contribution in [0.5, 0.6) is 0 Å². The number of nitrogens with one attached hydrogen (secondary N) is 2. The highest BCUT2D eigenvalue weighted by Crippen LogP contribution is 2.20. The number of ether oxygens (including phenoxy) is 1. The highest BCUT2D eigenvalue weighted by Gasteiger charge is 2.27. The number of likely N-dealkylation sites (N-methyl/N-ethyl adjacent to an activating group) is 1. The zero-order valence-electron chi connectivity index (χ0n) is 18.5. The van der Waals surface area contributed by atoms with Crippen LogP contribution in [-0.4, -0.2) is 79.2 Å². The summed E-state index contributed by atoms with van der Waals surface area (Å²) in [6, 6.07) is 0. The maximum Gasteiger partial charge on any atom is 0.410 e. The first-order valence-electron chi connectivity index (χ1n) is 10.5. The normalized spacial score (nSPS) is 15.9. The number of hydrogen-bond donors (Lipinski definition) is 2. The summed E-state index contributed by atoms with van der Waals surface area (Å²) >= 11 is 0. The predicted molar refractivity (Wildman–Crippen MR) is 112 cm³/mol. The van der Waals surface area contributed by atoms with Crippen LogP contribution < -0.4 is 10.6 Å². The summed E-state index contributed by atoms with van der Waals surface area (Å²) in [7, 11) is 0. The molecule has 0 aromatic carbocycles. The smallest absolute Gasteiger partial charge is 0.410 e. The molecule has 1 rings (SSSR count). The number of guanidine groups is 1. The average molecular weight is 398 g/mol. The Labute approximate surface area is 170 Å². The van der Waals surface area contributed by atoms with Gasteiger partial charge in [-0.2, -0.15) is 0 Å². The minimum Gasteiger partial charge on any atom is -0.444 e. The van der Waals surface area contributed by atoms with Gasteiger partial charge in [0, 0.05) is 39.3 Å². The summed E-state index contributed by atoms with van der Waals surface area (Å²) in [6.45, 7) is 16.2. The Morgan fingerprint density at radius 3 is 2.21 bits per heavy atom. The van der Waals surface area contributed by atoms with Gasteiger partial charge in [-0.05, 0) is 60.3 Å². The highest BCUT2D eigenvalue weighted by molar-refractivity contribution is 5.85. The molecule has 1 heterocycles. The first-order valence-corrected chi connectivity index (χ1v) is 10.5. The summed E-state index contributed by atoms with van der Waals surface area (Å²) in [5.74, 6) is 1.16. The molecule has 0 atom stereocenters. The molecule has 1 saturated heterocycles. The second-order valence-corrected chi connectivity index (χ2v) is 8.07. The van der Waals surface area contributed by atoms with Crippen molar-refractivity contribution >= 4 is 18.0 Å². The minimum atomic E-state index is -0.477. The van der Waals surface area contributed by atoms with E-state index in [0.717, 1.165) is 38.4 Å². The van der Waals surface area contributed by atoms with E-state index in [1.165, 1.54) is 0 Å². The van der Waals surface area contributed by atoms with Crippen LogP contribution in [0.15, 0.2) is 4.99 Å². The van der Waals surface area contributed by atoms with E-state index in [0.29, 0.717) is 25.6 Å². The summed E-state index contributed by atoms with van der Waals surface area (Å²) in [5.41, 5.74) is -0.477. The van der Waals surface area contributed by atoms with Crippen LogP contribution in [0.4, 0.5) is 4.79 Å². The lowest BCUT2D eigenvalue weighted by molar-refractivity contribution is -0.119. The average Bonchev–Trinajstić information content (AvgIpc) is 2.62. The quantitative estimate of drug-likeness (QED) is 0.507. The van der Waals surface area contributed by atoms with Crippen LogP contribution in [0.3, 0.4) is 0 Å². The third-order valence-electron chi connectivity index (χ3n) is 4.51. The van der Waals surface area contributed by atoms with Crippen molar-refractivity contribution in [2.75, 3.05) is 45.8 Å². The van der Waals surface area contributed by atoms with E-state index in [9.17, 15) is 9.59 Å². The lowest BCUT2D eigenvalue weighted by atomic mass is 9.96. The number of likely N-dealkylation sites (tertiary alicyclic amines) is 1. The van der Waals surface area contributed by atoms with Gasteiger partial charge in [-0.1, -0.05) is 0 Å². The molecule has 0 aromatic heterocycles. The Hall–Kier alpha value is -1.99. The number of aliphatic imine (C=N–C) groups is 1. The summed E-state index contributed by atoms with van der Waals surface area (Å²) < 4.78 is 5.51. The SMILES string of the molecule is CCNC(=O)CN=C(NCC)N1CCC(CN(CC)C(=O)OC(C)(C)C)CC1. The van der Waals surface area contributed by atoms with E-state index in [2.05, 4.69) is 20.5 Å². The lowest BCUT2D eigenvalue weighted by Crippen LogP contribution is -2.48. The Bertz CT molecular complexity index is 522. The van der Waals surface area contributed by atoms with Crippen LogP contribution in [0.25, 0.3) is 0 Å². The fourth-order valence-electron chi connectivity index (χ4n) is 3.12. The number of carbonyl (C=O) groups excluding carboxylic acids is 2. The molecule has 2 amide bonds. The Balaban J connectivity index is 2.58. The van der Waals surface area contributed by atoms with Crippen molar-refractivity contribution in [2.24, 2.45) is 10.9 Å². The number of carbonyl (C=O) groups is 2. The maximum atomic E-state index is 12.3. The van der Waals surface area contributed by atoms with Crippen molar-refractivity contribution in [3.8, 4) is 0 Å². The van der Waals surface area contributed by atoms with Gasteiger partial charge in [-0.15, -0.1) is 0 Å². The zero-order chi connectivity index (χ0) is 21.2. The van der Waals surface area contributed by atoms with Gasteiger partial charge in [0.2, 0.25) is 5.91 Å². The van der Waals surface area contributed by atoms with Gasteiger partial charge in [-0.3, -0.25) is 4.79 Å². The number of amides is 2. The van der Waals surface area contributed by atoms with Gasteiger partial charge in [0.05, 0.1) is 0 Å². The van der Waals surface area contributed by atoms with Crippen LogP contribution in [0.2, 0.25) is 0 Å². The van der Waals surface area contributed by atoms with Crippen molar-refractivity contribution in [1.82, 2.24) is 20.4 Å². The Morgan fingerprint density at radius 1 is 1.11 bits per heavy atom. The molecule has 0 spiro atoms. The molecule has 2 N–H and O–H groups in total. The van der Waals surface area contributed by atoms with E-state index >= 15 is 0 Å². The first-order chi connectivity index (χ1) is 13.2. The molecule has 1 aliphatic heterocycles. The predicted octanol–water partition coefficient (Wildman–Crippen LogP) is 2.06. The molecule has 1 fully saturated rings. The minimum absolute atomic E-state index is 0.0660. The molecular weight excluding hydrogens is 358 g/mol.